The number of nitrogens with zero attached hydrogens (tertiary/aromatic N) is 2. The quantitative estimate of drug-likeness (QED) is 0.674. The molecule has 1 saturated heterocycles. The second kappa shape index (κ2) is 5.40. The average Bonchev–Trinajstić information content (AvgIpc) is 2.73. The minimum Gasteiger partial charge on any atom is -0.481 e. The van der Waals surface area contributed by atoms with Gasteiger partial charge in [-0.25, -0.2) is 0 Å². The monoisotopic (exact) mass is 342 g/mol. The molecule has 0 amide bonds. The fraction of sp³-hybridized carbons (Fsp3) is 0.462. The second-order valence-electron chi connectivity index (χ2n) is 5.01. The SMILES string of the molecule is Cc1cc(N2CCC(C(=O)O)C2C)c(Br)cc1[N+](=O)[O-]. The van der Waals surface area contributed by atoms with Gasteiger partial charge in [0.15, 0.2) is 0 Å². The highest BCUT2D eigenvalue weighted by atomic mass is 79.9. The molecule has 1 heterocycles. The van der Waals surface area contributed by atoms with Crippen LogP contribution in [0.3, 0.4) is 0 Å². The number of benzene rings is 1. The lowest BCUT2D eigenvalue weighted by Gasteiger charge is -2.26. The number of aryl methyl sites for hydroxylation is 1. The highest BCUT2D eigenvalue weighted by Crippen LogP contribution is 2.38. The molecule has 2 rings (SSSR count). The molecule has 2 atom stereocenters. The van der Waals surface area contributed by atoms with Gasteiger partial charge in [0, 0.05) is 28.7 Å². The van der Waals surface area contributed by atoms with E-state index in [1.165, 1.54) is 6.07 Å². The summed E-state index contributed by atoms with van der Waals surface area (Å²) in [5.74, 6) is -1.20. The van der Waals surface area contributed by atoms with Crippen molar-refractivity contribution in [2.24, 2.45) is 5.92 Å². The maximum Gasteiger partial charge on any atom is 0.308 e. The molecule has 1 aromatic carbocycles. The van der Waals surface area contributed by atoms with Crippen LogP contribution in [0.4, 0.5) is 11.4 Å². The Hall–Kier alpha value is -1.63. The molecule has 0 aromatic heterocycles. The standard InChI is InChI=1S/C13H15BrN2O4/c1-7-5-12(10(14)6-11(7)16(19)20)15-4-3-9(8(15)2)13(17)18/h5-6,8-9H,3-4H2,1-2H3,(H,17,18). The molecule has 0 saturated carbocycles. The van der Waals surface area contributed by atoms with Crippen molar-refractivity contribution in [1.82, 2.24) is 0 Å². The van der Waals surface area contributed by atoms with Gasteiger partial charge in [-0.1, -0.05) is 0 Å². The number of rotatable bonds is 3. The van der Waals surface area contributed by atoms with Crippen molar-refractivity contribution in [3.63, 3.8) is 0 Å². The maximum absolute atomic E-state index is 11.2. The normalized spacial score (nSPS) is 22.1. The molecule has 0 aliphatic carbocycles. The van der Waals surface area contributed by atoms with Crippen LogP contribution in [0.5, 0.6) is 0 Å². The van der Waals surface area contributed by atoms with Gasteiger partial charge in [-0.3, -0.25) is 14.9 Å². The zero-order valence-electron chi connectivity index (χ0n) is 11.2. The molecule has 1 aromatic rings. The van der Waals surface area contributed by atoms with E-state index in [4.69, 9.17) is 5.11 Å². The third-order valence-electron chi connectivity index (χ3n) is 3.84. The number of halogens is 1. The number of hydrogen-bond acceptors (Lipinski definition) is 4. The Kier molecular flexibility index (Phi) is 3.99. The number of nitro benzene ring substituents is 1. The summed E-state index contributed by atoms with van der Waals surface area (Å²) in [6.45, 7) is 4.19. The summed E-state index contributed by atoms with van der Waals surface area (Å²) in [5.41, 5.74) is 1.44. The second-order valence-corrected chi connectivity index (χ2v) is 5.87. The smallest absolute Gasteiger partial charge is 0.308 e. The maximum atomic E-state index is 11.2. The molecule has 108 valence electrons. The lowest BCUT2D eigenvalue weighted by molar-refractivity contribution is -0.385. The van der Waals surface area contributed by atoms with Gasteiger partial charge in [-0.05, 0) is 42.3 Å². The topological polar surface area (TPSA) is 83.7 Å². The van der Waals surface area contributed by atoms with Gasteiger partial charge in [0.25, 0.3) is 5.69 Å². The number of nitro groups is 1. The molecule has 0 radical (unpaired) electrons. The van der Waals surface area contributed by atoms with Crippen molar-refractivity contribution in [3.05, 3.63) is 32.3 Å². The molecule has 0 spiro atoms. The van der Waals surface area contributed by atoms with Crippen molar-refractivity contribution in [2.75, 3.05) is 11.4 Å². The van der Waals surface area contributed by atoms with Crippen LogP contribution in [0.1, 0.15) is 18.9 Å². The molecule has 7 heteroatoms. The van der Waals surface area contributed by atoms with Gasteiger partial charge in [-0.2, -0.15) is 0 Å². The van der Waals surface area contributed by atoms with E-state index in [1.54, 1.807) is 13.0 Å². The number of carboxylic acid groups (broad SMARTS) is 1. The van der Waals surface area contributed by atoms with Crippen molar-refractivity contribution >= 4 is 33.3 Å². The van der Waals surface area contributed by atoms with Gasteiger partial charge in [0.2, 0.25) is 0 Å². The van der Waals surface area contributed by atoms with Gasteiger partial charge < -0.3 is 10.0 Å². The van der Waals surface area contributed by atoms with Crippen molar-refractivity contribution in [3.8, 4) is 0 Å². The van der Waals surface area contributed by atoms with Gasteiger partial charge >= 0.3 is 5.97 Å². The van der Waals surface area contributed by atoms with Crippen LogP contribution in [-0.2, 0) is 4.79 Å². The Morgan fingerprint density at radius 1 is 1.55 bits per heavy atom. The van der Waals surface area contributed by atoms with E-state index in [2.05, 4.69) is 15.9 Å². The lowest BCUT2D eigenvalue weighted by Crippen LogP contribution is -2.33. The van der Waals surface area contributed by atoms with E-state index >= 15 is 0 Å². The van der Waals surface area contributed by atoms with Crippen LogP contribution in [-0.4, -0.2) is 28.6 Å². The van der Waals surface area contributed by atoms with E-state index in [1.807, 2.05) is 11.8 Å². The Morgan fingerprint density at radius 3 is 2.70 bits per heavy atom. The fourth-order valence-corrected chi connectivity index (χ4v) is 3.24. The molecule has 2 unspecified atom stereocenters. The third-order valence-corrected chi connectivity index (χ3v) is 4.48. The summed E-state index contributed by atoms with van der Waals surface area (Å²) in [6.07, 6.45) is 0.582. The van der Waals surface area contributed by atoms with Crippen LogP contribution in [0.15, 0.2) is 16.6 Å². The molecule has 1 N–H and O–H groups in total. The summed E-state index contributed by atoms with van der Waals surface area (Å²) >= 11 is 3.35. The number of aliphatic carboxylic acids is 1. The van der Waals surface area contributed by atoms with Crippen molar-refractivity contribution in [1.29, 1.82) is 0 Å². The number of carboxylic acids is 1. The Bertz CT molecular complexity index is 576. The molecule has 6 nitrogen and oxygen atoms in total. The summed E-state index contributed by atoms with van der Waals surface area (Å²) < 4.78 is 0.618. The molecule has 1 fully saturated rings. The number of anilines is 1. The summed E-state index contributed by atoms with van der Waals surface area (Å²) in [6, 6.07) is 3.08. The van der Waals surface area contributed by atoms with Crippen LogP contribution >= 0.6 is 15.9 Å². The lowest BCUT2D eigenvalue weighted by atomic mass is 10.0. The van der Waals surface area contributed by atoms with E-state index in [0.29, 0.717) is 23.0 Å². The summed E-state index contributed by atoms with van der Waals surface area (Å²) in [5, 5.41) is 20.1. The van der Waals surface area contributed by atoms with Gasteiger partial charge in [0.1, 0.15) is 0 Å². The molecular formula is C13H15BrN2O4. The first-order valence-corrected chi connectivity index (χ1v) is 7.06. The minimum absolute atomic E-state index is 0.0576. The predicted octanol–water partition coefficient (Wildman–Crippen LogP) is 2.97. The largest absolute Gasteiger partial charge is 0.481 e. The minimum atomic E-state index is -0.797. The first-order valence-electron chi connectivity index (χ1n) is 6.27. The average molecular weight is 343 g/mol. The Morgan fingerprint density at radius 2 is 2.20 bits per heavy atom. The summed E-state index contributed by atoms with van der Waals surface area (Å²) in [7, 11) is 0. The third kappa shape index (κ3) is 2.49. The van der Waals surface area contributed by atoms with Crippen LogP contribution < -0.4 is 4.90 Å². The molecule has 20 heavy (non-hydrogen) atoms. The molecule has 0 bridgehead atoms. The zero-order chi connectivity index (χ0) is 15.0. The number of carbonyl (C=O) groups is 1. The van der Waals surface area contributed by atoms with Gasteiger partial charge in [0.05, 0.1) is 16.5 Å². The van der Waals surface area contributed by atoms with Crippen LogP contribution in [0.2, 0.25) is 0 Å². The van der Waals surface area contributed by atoms with Crippen LogP contribution in [0, 0.1) is 23.0 Å². The van der Waals surface area contributed by atoms with Crippen molar-refractivity contribution < 1.29 is 14.8 Å². The van der Waals surface area contributed by atoms with E-state index < -0.39 is 16.8 Å². The number of hydrogen-bond donors (Lipinski definition) is 1. The Labute approximate surface area is 124 Å². The predicted molar refractivity (Wildman–Crippen MR) is 78.1 cm³/mol. The van der Waals surface area contributed by atoms with E-state index in [0.717, 1.165) is 5.69 Å². The fourth-order valence-electron chi connectivity index (χ4n) is 2.68. The highest BCUT2D eigenvalue weighted by Gasteiger charge is 2.36. The van der Waals surface area contributed by atoms with Gasteiger partial charge in [-0.15, -0.1) is 0 Å². The summed E-state index contributed by atoms with van der Waals surface area (Å²) in [4.78, 5) is 23.6. The van der Waals surface area contributed by atoms with E-state index in [-0.39, 0.29) is 11.7 Å². The Balaban J connectivity index is 2.37. The first-order chi connectivity index (χ1) is 9.32. The highest BCUT2D eigenvalue weighted by molar-refractivity contribution is 9.10. The van der Waals surface area contributed by atoms with Crippen LogP contribution in [0.25, 0.3) is 0 Å². The molecular weight excluding hydrogens is 328 g/mol. The first kappa shape index (κ1) is 14.8. The van der Waals surface area contributed by atoms with Crippen molar-refractivity contribution in [2.45, 2.75) is 26.3 Å². The molecule has 1 aliphatic rings. The van der Waals surface area contributed by atoms with E-state index in [9.17, 15) is 14.9 Å². The molecule has 1 aliphatic heterocycles. The zero-order valence-corrected chi connectivity index (χ0v) is 12.8.